The van der Waals surface area contributed by atoms with Gasteiger partial charge in [0.05, 0.1) is 31.3 Å². The quantitative estimate of drug-likeness (QED) is 0.717. The summed E-state index contributed by atoms with van der Waals surface area (Å²) in [6.07, 6.45) is 3.63. The number of carbonyl (C=O) groups is 2. The number of nitrogens with one attached hydrogen (secondary N) is 1. The van der Waals surface area contributed by atoms with Gasteiger partial charge in [-0.25, -0.2) is 0 Å². The van der Waals surface area contributed by atoms with Crippen molar-refractivity contribution in [1.29, 1.82) is 0 Å². The lowest BCUT2D eigenvalue weighted by Crippen LogP contribution is -2.30. The molecule has 1 aromatic carbocycles. The van der Waals surface area contributed by atoms with Gasteiger partial charge in [-0.1, -0.05) is 0 Å². The highest BCUT2D eigenvalue weighted by atomic mass is 32.2. The molecule has 6 nitrogen and oxygen atoms in total. The molecule has 0 unspecified atom stereocenters. The summed E-state index contributed by atoms with van der Waals surface area (Å²) in [5.41, 5.74) is 1.19. The number of thioether (sulfide) groups is 1. The van der Waals surface area contributed by atoms with E-state index in [0.29, 0.717) is 42.3 Å². The van der Waals surface area contributed by atoms with Gasteiger partial charge < -0.3 is 19.1 Å². The summed E-state index contributed by atoms with van der Waals surface area (Å²) in [6.45, 7) is 0.648. The summed E-state index contributed by atoms with van der Waals surface area (Å²) < 4.78 is 10.8. The van der Waals surface area contributed by atoms with Crippen molar-refractivity contribution < 1.29 is 18.4 Å². The third-order valence-electron chi connectivity index (χ3n) is 4.23. The van der Waals surface area contributed by atoms with Crippen molar-refractivity contribution in [3.05, 3.63) is 72.1 Å². The smallest absolute Gasteiger partial charge is 0.254 e. The number of furan rings is 2. The van der Waals surface area contributed by atoms with Gasteiger partial charge in [-0.15, -0.1) is 11.8 Å². The van der Waals surface area contributed by atoms with Crippen LogP contribution in [0.25, 0.3) is 0 Å². The molecule has 2 aromatic heterocycles. The molecule has 0 atom stereocenters. The summed E-state index contributed by atoms with van der Waals surface area (Å²) in [4.78, 5) is 27.6. The van der Waals surface area contributed by atoms with Crippen molar-refractivity contribution in [1.82, 2.24) is 4.90 Å². The van der Waals surface area contributed by atoms with Crippen LogP contribution in [-0.4, -0.2) is 22.5 Å². The van der Waals surface area contributed by atoms with E-state index >= 15 is 0 Å². The van der Waals surface area contributed by atoms with E-state index in [0.717, 1.165) is 10.6 Å². The monoisotopic (exact) mass is 382 g/mol. The lowest BCUT2D eigenvalue weighted by Gasteiger charge is -2.21. The number of nitrogens with zero attached hydrogens (tertiary/aromatic N) is 1. The average molecular weight is 382 g/mol. The summed E-state index contributed by atoms with van der Waals surface area (Å²) in [7, 11) is 0. The third kappa shape index (κ3) is 4.09. The Balaban J connectivity index is 1.61. The molecule has 0 bridgehead atoms. The Labute approximate surface area is 160 Å². The molecule has 27 heavy (non-hydrogen) atoms. The Kier molecular flexibility index (Phi) is 5.02. The molecule has 3 heterocycles. The second-order valence-electron chi connectivity index (χ2n) is 6.18. The van der Waals surface area contributed by atoms with E-state index in [4.69, 9.17) is 8.83 Å². The van der Waals surface area contributed by atoms with Crippen LogP contribution in [0.3, 0.4) is 0 Å². The molecule has 138 valence electrons. The first-order valence-electron chi connectivity index (χ1n) is 8.60. The normalized spacial score (nSPS) is 13.6. The second-order valence-corrected chi connectivity index (χ2v) is 7.31. The van der Waals surface area contributed by atoms with E-state index in [1.807, 2.05) is 18.2 Å². The molecule has 0 spiro atoms. The van der Waals surface area contributed by atoms with Crippen molar-refractivity contribution in [2.24, 2.45) is 0 Å². The van der Waals surface area contributed by atoms with Crippen LogP contribution in [0.4, 0.5) is 5.69 Å². The highest BCUT2D eigenvalue weighted by Gasteiger charge is 2.21. The summed E-state index contributed by atoms with van der Waals surface area (Å²) >= 11 is 1.61. The standard InChI is InChI=1S/C20H18N2O4S/c23-19-7-10-27-18-6-5-14(11-17(18)21-19)20(24)22(12-15-3-1-8-25-15)13-16-4-2-9-26-16/h1-6,8-9,11H,7,10,12-13H2,(H,21,23). The van der Waals surface area contributed by atoms with Crippen LogP contribution in [0.15, 0.2) is 68.7 Å². The summed E-state index contributed by atoms with van der Waals surface area (Å²) in [6, 6.07) is 12.7. The fourth-order valence-electron chi connectivity index (χ4n) is 2.92. The highest BCUT2D eigenvalue weighted by Crippen LogP contribution is 2.32. The van der Waals surface area contributed by atoms with Crippen LogP contribution < -0.4 is 5.32 Å². The molecule has 4 rings (SSSR count). The fraction of sp³-hybridized carbons (Fsp3) is 0.200. The molecule has 1 aliphatic heterocycles. The zero-order chi connectivity index (χ0) is 18.6. The van der Waals surface area contributed by atoms with E-state index in [1.165, 1.54) is 0 Å². The zero-order valence-corrected chi connectivity index (χ0v) is 15.3. The molecule has 1 aliphatic rings. The molecule has 0 fully saturated rings. The lowest BCUT2D eigenvalue weighted by atomic mass is 10.1. The van der Waals surface area contributed by atoms with Gasteiger partial charge >= 0.3 is 0 Å². The minimum absolute atomic E-state index is 0.0334. The molecule has 7 heteroatoms. The minimum atomic E-state index is -0.158. The topological polar surface area (TPSA) is 75.7 Å². The number of carbonyl (C=O) groups excluding carboxylic acids is 2. The third-order valence-corrected chi connectivity index (χ3v) is 5.30. The second kappa shape index (κ2) is 7.75. The van der Waals surface area contributed by atoms with E-state index in [2.05, 4.69) is 5.32 Å². The summed E-state index contributed by atoms with van der Waals surface area (Å²) in [5, 5.41) is 2.88. The fourth-order valence-corrected chi connectivity index (χ4v) is 3.85. The van der Waals surface area contributed by atoms with E-state index in [-0.39, 0.29) is 11.8 Å². The Hall–Kier alpha value is -2.93. The molecular formula is C20H18N2O4S. The van der Waals surface area contributed by atoms with Crippen molar-refractivity contribution >= 4 is 29.3 Å². The maximum Gasteiger partial charge on any atom is 0.254 e. The van der Waals surface area contributed by atoms with Gasteiger partial charge in [0, 0.05) is 22.6 Å². The molecule has 0 radical (unpaired) electrons. The van der Waals surface area contributed by atoms with Crippen LogP contribution in [0, 0.1) is 0 Å². The van der Waals surface area contributed by atoms with Gasteiger partial charge in [0.1, 0.15) is 11.5 Å². The van der Waals surface area contributed by atoms with Crippen LogP contribution in [-0.2, 0) is 17.9 Å². The molecule has 3 aromatic rings. The van der Waals surface area contributed by atoms with Crippen LogP contribution in [0.1, 0.15) is 28.3 Å². The molecule has 0 aliphatic carbocycles. The van der Waals surface area contributed by atoms with Crippen LogP contribution in [0.2, 0.25) is 0 Å². The molecular weight excluding hydrogens is 364 g/mol. The van der Waals surface area contributed by atoms with Gasteiger partial charge in [-0.2, -0.15) is 0 Å². The minimum Gasteiger partial charge on any atom is -0.467 e. The summed E-state index contributed by atoms with van der Waals surface area (Å²) in [5.74, 6) is 1.92. The van der Waals surface area contributed by atoms with E-state index in [1.54, 1.807) is 53.5 Å². The van der Waals surface area contributed by atoms with Gasteiger partial charge in [-0.05, 0) is 42.5 Å². The van der Waals surface area contributed by atoms with Crippen molar-refractivity contribution in [3.63, 3.8) is 0 Å². The number of fused-ring (bicyclic) bond motifs is 1. The number of anilines is 1. The Bertz CT molecular complexity index is 899. The molecule has 2 amide bonds. The van der Waals surface area contributed by atoms with Crippen LogP contribution >= 0.6 is 11.8 Å². The predicted molar refractivity (Wildman–Crippen MR) is 101 cm³/mol. The first-order chi connectivity index (χ1) is 13.2. The number of hydrogen-bond acceptors (Lipinski definition) is 5. The average Bonchev–Trinajstić information content (AvgIpc) is 3.32. The predicted octanol–water partition coefficient (Wildman–Crippen LogP) is 4.15. The van der Waals surface area contributed by atoms with Crippen molar-refractivity contribution in [2.45, 2.75) is 24.4 Å². The van der Waals surface area contributed by atoms with Crippen LogP contribution in [0.5, 0.6) is 0 Å². The first kappa shape index (κ1) is 17.5. The van der Waals surface area contributed by atoms with Gasteiger partial charge in [0.15, 0.2) is 0 Å². The van der Waals surface area contributed by atoms with Gasteiger partial charge in [0.25, 0.3) is 5.91 Å². The van der Waals surface area contributed by atoms with Crippen molar-refractivity contribution in [3.8, 4) is 0 Å². The highest BCUT2D eigenvalue weighted by molar-refractivity contribution is 7.99. The first-order valence-corrected chi connectivity index (χ1v) is 9.58. The Morgan fingerprint density at radius 2 is 1.78 bits per heavy atom. The zero-order valence-electron chi connectivity index (χ0n) is 14.5. The number of benzene rings is 1. The van der Waals surface area contributed by atoms with E-state index in [9.17, 15) is 9.59 Å². The molecule has 0 saturated heterocycles. The van der Waals surface area contributed by atoms with Crippen molar-refractivity contribution in [2.75, 3.05) is 11.1 Å². The SMILES string of the molecule is O=C1CCSc2ccc(C(=O)N(Cc3ccco3)Cc3ccco3)cc2N1. The Morgan fingerprint density at radius 3 is 2.41 bits per heavy atom. The molecule has 1 N–H and O–H groups in total. The number of amides is 2. The van der Waals surface area contributed by atoms with Gasteiger partial charge in [0.2, 0.25) is 5.91 Å². The number of hydrogen-bond donors (Lipinski definition) is 1. The maximum atomic E-state index is 13.2. The Morgan fingerprint density at radius 1 is 1.07 bits per heavy atom. The van der Waals surface area contributed by atoms with Gasteiger partial charge in [-0.3, -0.25) is 9.59 Å². The molecule has 0 saturated carbocycles. The van der Waals surface area contributed by atoms with E-state index < -0.39 is 0 Å². The number of rotatable bonds is 5. The largest absolute Gasteiger partial charge is 0.467 e. The maximum absolute atomic E-state index is 13.2. The lowest BCUT2D eigenvalue weighted by molar-refractivity contribution is -0.115.